The number of thiazole rings is 1. The lowest BCUT2D eigenvalue weighted by atomic mass is 9.49. The summed E-state index contributed by atoms with van der Waals surface area (Å²) in [5, 5.41) is 6.87. The molecule has 2 bridgehead atoms. The molecule has 0 fully saturated rings. The monoisotopic (exact) mass is 505 g/mol. The number of anilines is 1. The van der Waals surface area contributed by atoms with Gasteiger partial charge in [-0.1, -0.05) is 72.8 Å². The van der Waals surface area contributed by atoms with Crippen molar-refractivity contribution < 1.29 is 9.18 Å². The molecule has 37 heavy (non-hydrogen) atoms. The third-order valence-corrected chi connectivity index (χ3v) is 8.94. The molecule has 1 heterocycles. The van der Waals surface area contributed by atoms with Crippen LogP contribution in [0.5, 0.6) is 0 Å². The maximum Gasteiger partial charge on any atom is 0.233 e. The number of aromatic nitrogens is 1. The van der Waals surface area contributed by atoms with Gasteiger partial charge in [-0.05, 0) is 53.1 Å². The average molecular weight is 506 g/mol. The van der Waals surface area contributed by atoms with Crippen molar-refractivity contribution in [2.45, 2.75) is 24.8 Å². The maximum atomic E-state index is 14.3. The van der Waals surface area contributed by atoms with Crippen molar-refractivity contribution in [1.82, 2.24) is 4.98 Å². The van der Waals surface area contributed by atoms with Gasteiger partial charge in [-0.3, -0.25) is 4.79 Å². The normalized spacial score (nSPS) is 23.5. The molecule has 6 heteroatoms. The van der Waals surface area contributed by atoms with Gasteiger partial charge in [0.2, 0.25) is 5.91 Å². The number of halogens is 1. The van der Waals surface area contributed by atoms with E-state index in [1.54, 1.807) is 12.1 Å². The Morgan fingerprint density at radius 3 is 2.27 bits per heavy atom. The molecule has 1 unspecified atom stereocenters. The Morgan fingerprint density at radius 1 is 0.946 bits per heavy atom. The molecule has 1 amide bonds. The van der Waals surface area contributed by atoms with Crippen LogP contribution in [0, 0.1) is 11.2 Å². The van der Waals surface area contributed by atoms with Crippen molar-refractivity contribution >= 4 is 33.1 Å². The van der Waals surface area contributed by atoms with Gasteiger partial charge in [0.25, 0.3) is 0 Å². The van der Waals surface area contributed by atoms with E-state index in [4.69, 9.17) is 10.7 Å². The van der Waals surface area contributed by atoms with Crippen molar-refractivity contribution in [3.05, 3.63) is 118 Å². The number of nitrogens with zero attached hydrogens (tertiary/aromatic N) is 1. The van der Waals surface area contributed by atoms with E-state index in [-0.39, 0.29) is 17.6 Å². The van der Waals surface area contributed by atoms with E-state index in [1.807, 2.05) is 54.8 Å². The molecule has 3 aliphatic rings. The summed E-state index contributed by atoms with van der Waals surface area (Å²) >= 11 is 1.37. The minimum absolute atomic E-state index is 0.0961. The summed E-state index contributed by atoms with van der Waals surface area (Å²) in [6, 6.07) is 27.0. The van der Waals surface area contributed by atoms with Crippen LogP contribution in [0.1, 0.15) is 41.5 Å². The second-order valence-electron chi connectivity index (χ2n) is 10.3. The topological polar surface area (TPSA) is 68.0 Å². The molecule has 1 aromatic heterocycles. The number of amides is 1. The molecule has 5 aromatic rings. The van der Waals surface area contributed by atoms with Gasteiger partial charge in [-0.15, -0.1) is 11.3 Å². The Balaban J connectivity index is 1.26. The Hall–Kier alpha value is -3.87. The third-order valence-electron chi connectivity index (χ3n) is 8.18. The van der Waals surface area contributed by atoms with Crippen molar-refractivity contribution in [3.8, 4) is 11.3 Å². The molecule has 4 aromatic carbocycles. The van der Waals surface area contributed by atoms with Crippen molar-refractivity contribution in [3.63, 3.8) is 0 Å². The number of hydrogen-bond acceptors (Lipinski definition) is 4. The SMILES string of the molecule is CC1(C(=O)Nc2nc(-c3ccc(F)c4ccccc34)cs2)CC2(N)c3ccccc3C1c1ccccc12. The van der Waals surface area contributed by atoms with Crippen LogP contribution in [0.15, 0.2) is 90.3 Å². The number of benzene rings is 4. The number of carbonyl (C=O) groups is 1. The first-order valence-corrected chi connectivity index (χ1v) is 13.2. The average Bonchev–Trinajstić information content (AvgIpc) is 3.37. The van der Waals surface area contributed by atoms with Gasteiger partial charge < -0.3 is 11.1 Å². The highest BCUT2D eigenvalue weighted by Crippen LogP contribution is 2.62. The van der Waals surface area contributed by atoms with E-state index in [2.05, 4.69) is 29.6 Å². The lowest BCUT2D eigenvalue weighted by Gasteiger charge is -2.55. The van der Waals surface area contributed by atoms with Crippen LogP contribution in [0.2, 0.25) is 0 Å². The lowest BCUT2D eigenvalue weighted by molar-refractivity contribution is -0.127. The molecular weight excluding hydrogens is 481 g/mol. The fraction of sp³-hybridized carbons (Fsp3) is 0.161. The quantitative estimate of drug-likeness (QED) is 0.283. The summed E-state index contributed by atoms with van der Waals surface area (Å²) in [6.45, 7) is 2.02. The molecule has 0 spiro atoms. The summed E-state index contributed by atoms with van der Waals surface area (Å²) < 4.78 is 14.3. The lowest BCUT2D eigenvalue weighted by Crippen LogP contribution is -2.57. The van der Waals surface area contributed by atoms with Crippen LogP contribution in [0.25, 0.3) is 22.0 Å². The second kappa shape index (κ2) is 7.81. The van der Waals surface area contributed by atoms with Gasteiger partial charge in [0.1, 0.15) is 5.82 Å². The maximum absolute atomic E-state index is 14.3. The van der Waals surface area contributed by atoms with Crippen LogP contribution in [-0.4, -0.2) is 10.9 Å². The summed E-state index contributed by atoms with van der Waals surface area (Å²) in [4.78, 5) is 18.7. The standard InChI is InChI=1S/C31H24FN3OS/c1-30(17-31(33)23-12-6-4-10-21(23)27(30)22-11-5-7-13-24(22)31)28(36)35-29-34-26(16-37-29)20-14-15-25(32)19-9-3-2-8-18(19)20/h2-16,27H,17,33H2,1H3,(H,34,35,36). The Bertz CT molecular complexity index is 1680. The van der Waals surface area contributed by atoms with E-state index in [0.717, 1.165) is 33.2 Å². The molecule has 3 aliphatic carbocycles. The van der Waals surface area contributed by atoms with E-state index in [9.17, 15) is 9.18 Å². The van der Waals surface area contributed by atoms with Gasteiger partial charge in [0.05, 0.1) is 16.6 Å². The fourth-order valence-electron chi connectivity index (χ4n) is 6.57. The highest BCUT2D eigenvalue weighted by Gasteiger charge is 2.59. The largest absolute Gasteiger partial charge is 0.318 e. The molecular formula is C31H24FN3OS. The van der Waals surface area contributed by atoms with Gasteiger partial charge in [0.15, 0.2) is 5.13 Å². The first-order chi connectivity index (χ1) is 17.9. The van der Waals surface area contributed by atoms with Crippen molar-refractivity contribution in [1.29, 1.82) is 0 Å². The first-order valence-electron chi connectivity index (χ1n) is 12.3. The van der Waals surface area contributed by atoms with Gasteiger partial charge >= 0.3 is 0 Å². The Morgan fingerprint density at radius 2 is 1.57 bits per heavy atom. The van der Waals surface area contributed by atoms with Crippen LogP contribution in [0.3, 0.4) is 0 Å². The Kier molecular flexibility index (Phi) is 4.72. The van der Waals surface area contributed by atoms with Crippen LogP contribution >= 0.6 is 11.3 Å². The van der Waals surface area contributed by atoms with E-state index >= 15 is 0 Å². The summed E-state index contributed by atoms with van der Waals surface area (Å²) in [5.41, 5.74) is 11.6. The zero-order valence-corrected chi connectivity index (χ0v) is 21.0. The third kappa shape index (κ3) is 3.09. The molecule has 1 atom stereocenters. The van der Waals surface area contributed by atoms with E-state index < -0.39 is 11.0 Å². The van der Waals surface area contributed by atoms with Crippen molar-refractivity contribution in [2.75, 3.05) is 5.32 Å². The minimum Gasteiger partial charge on any atom is -0.318 e. The molecule has 4 nitrogen and oxygen atoms in total. The summed E-state index contributed by atoms with van der Waals surface area (Å²) in [6.07, 6.45) is 0.505. The molecule has 8 rings (SSSR count). The number of nitrogens with two attached hydrogens (primary N) is 1. The number of hydrogen-bond donors (Lipinski definition) is 2. The smallest absolute Gasteiger partial charge is 0.233 e. The predicted octanol–water partition coefficient (Wildman–Crippen LogP) is 6.80. The molecule has 0 saturated carbocycles. The number of rotatable bonds is 3. The number of fused-ring (bicyclic) bond motifs is 2. The number of nitrogens with one attached hydrogen (secondary N) is 1. The van der Waals surface area contributed by atoms with Crippen LogP contribution < -0.4 is 11.1 Å². The summed E-state index contributed by atoms with van der Waals surface area (Å²) in [7, 11) is 0. The second-order valence-corrected chi connectivity index (χ2v) is 11.2. The highest BCUT2D eigenvalue weighted by molar-refractivity contribution is 7.14. The van der Waals surface area contributed by atoms with Crippen LogP contribution in [-0.2, 0) is 10.3 Å². The molecule has 3 N–H and O–H groups in total. The van der Waals surface area contributed by atoms with Gasteiger partial charge in [-0.25, -0.2) is 9.37 Å². The molecule has 0 aliphatic heterocycles. The Labute approximate surface area is 218 Å². The highest BCUT2D eigenvalue weighted by atomic mass is 32.1. The fourth-order valence-corrected chi connectivity index (χ4v) is 7.28. The van der Waals surface area contributed by atoms with Gasteiger partial charge in [0, 0.05) is 22.2 Å². The zero-order chi connectivity index (χ0) is 25.4. The molecule has 0 radical (unpaired) electrons. The predicted molar refractivity (Wildman–Crippen MR) is 146 cm³/mol. The summed E-state index contributed by atoms with van der Waals surface area (Å²) in [5.74, 6) is -0.466. The minimum atomic E-state index is -0.758. The molecule has 182 valence electrons. The van der Waals surface area contributed by atoms with Crippen molar-refractivity contribution in [2.24, 2.45) is 11.1 Å². The van der Waals surface area contributed by atoms with E-state index in [1.165, 1.54) is 17.4 Å². The van der Waals surface area contributed by atoms with Crippen LogP contribution in [0.4, 0.5) is 9.52 Å². The number of carbonyl (C=O) groups excluding carboxylic acids is 1. The van der Waals surface area contributed by atoms with E-state index in [0.29, 0.717) is 22.6 Å². The van der Waals surface area contributed by atoms with Gasteiger partial charge in [-0.2, -0.15) is 0 Å². The first kappa shape index (κ1) is 22.3. The zero-order valence-electron chi connectivity index (χ0n) is 20.2. The molecule has 0 saturated heterocycles.